The molecule has 0 heterocycles. The normalized spacial score (nSPS) is 15.6. The molecular formula is C81H51N. The van der Waals surface area contributed by atoms with Crippen molar-refractivity contribution in [1.82, 2.24) is 0 Å². The van der Waals surface area contributed by atoms with Gasteiger partial charge in [0.25, 0.3) is 0 Å². The average molecular weight is 1040 g/mol. The fourth-order valence-electron chi connectivity index (χ4n) is 16.3. The molecule has 1 heteroatoms. The lowest BCUT2D eigenvalue weighted by Crippen LogP contribution is -2.26. The number of anilines is 3. The Kier molecular flexibility index (Phi) is 9.35. The molecule has 0 radical (unpaired) electrons. The predicted octanol–water partition coefficient (Wildman–Crippen LogP) is 19.8. The summed E-state index contributed by atoms with van der Waals surface area (Å²) < 4.78 is 0. The first-order valence-corrected chi connectivity index (χ1v) is 28.8. The van der Waals surface area contributed by atoms with E-state index < -0.39 is 16.2 Å². The zero-order valence-electron chi connectivity index (χ0n) is 44.9. The summed E-state index contributed by atoms with van der Waals surface area (Å²) in [6.07, 6.45) is 7.35. The molecule has 0 saturated carbocycles. The minimum absolute atomic E-state index is 0.435. The highest BCUT2D eigenvalue weighted by molar-refractivity contribution is 6.08. The van der Waals surface area contributed by atoms with E-state index in [-0.39, 0.29) is 0 Å². The number of hydrogen-bond donors (Lipinski definition) is 0. The van der Waals surface area contributed by atoms with Gasteiger partial charge in [0.2, 0.25) is 0 Å². The van der Waals surface area contributed by atoms with E-state index in [1.807, 2.05) is 0 Å². The molecule has 0 amide bonds. The molecule has 0 fully saturated rings. The van der Waals surface area contributed by atoms with Crippen molar-refractivity contribution in [3.8, 4) is 33.4 Å². The summed E-state index contributed by atoms with van der Waals surface area (Å²) in [6, 6.07) is 110. The maximum absolute atomic E-state index is 2.45. The molecule has 12 aromatic rings. The third-order valence-electron chi connectivity index (χ3n) is 19.4. The van der Waals surface area contributed by atoms with Crippen LogP contribution in [0.3, 0.4) is 0 Å². The number of fused-ring (bicyclic) bond motifs is 21. The quantitative estimate of drug-likeness (QED) is 0.160. The zero-order valence-corrected chi connectivity index (χ0v) is 44.9. The summed E-state index contributed by atoms with van der Waals surface area (Å²) in [5, 5.41) is 0. The van der Waals surface area contributed by atoms with Crippen LogP contribution in [0.25, 0.3) is 68.3 Å². The van der Waals surface area contributed by atoms with Crippen LogP contribution in [0.1, 0.15) is 83.5 Å². The van der Waals surface area contributed by atoms with Gasteiger partial charge < -0.3 is 4.90 Å². The van der Waals surface area contributed by atoms with Gasteiger partial charge in [-0.3, -0.25) is 0 Å². The molecule has 3 spiro atoms. The second kappa shape index (κ2) is 16.8. The minimum atomic E-state index is -0.435. The molecule has 6 aliphatic rings. The van der Waals surface area contributed by atoms with Crippen LogP contribution in [0.5, 0.6) is 0 Å². The number of hydrogen-bond acceptors (Lipinski definition) is 1. The van der Waals surface area contributed by atoms with Crippen molar-refractivity contribution in [2.24, 2.45) is 0 Å². The first kappa shape index (κ1) is 45.5. The lowest BCUT2D eigenvalue weighted by Gasteiger charge is -2.34. The maximum Gasteiger partial charge on any atom is 0.0725 e. The van der Waals surface area contributed by atoms with Crippen molar-refractivity contribution in [3.05, 3.63) is 375 Å². The molecule has 0 aliphatic heterocycles. The Morgan fingerprint density at radius 2 is 0.378 bits per heavy atom. The molecule has 0 bridgehead atoms. The van der Waals surface area contributed by atoms with Crippen LogP contribution < -0.4 is 4.90 Å². The van der Waals surface area contributed by atoms with Gasteiger partial charge >= 0.3 is 0 Å². The van der Waals surface area contributed by atoms with Crippen LogP contribution in [0.15, 0.2) is 291 Å². The maximum atomic E-state index is 2.45. The summed E-state index contributed by atoms with van der Waals surface area (Å²) in [6.45, 7) is 0. The Hall–Kier alpha value is -10.3. The van der Waals surface area contributed by atoms with E-state index >= 15 is 0 Å². The van der Waals surface area contributed by atoms with Gasteiger partial charge in [0.15, 0.2) is 0 Å². The molecule has 18 rings (SSSR count). The fourth-order valence-corrected chi connectivity index (χ4v) is 16.3. The van der Waals surface area contributed by atoms with Crippen molar-refractivity contribution in [3.63, 3.8) is 0 Å². The molecule has 0 N–H and O–H groups in total. The van der Waals surface area contributed by atoms with Gasteiger partial charge in [-0.25, -0.2) is 0 Å². The van der Waals surface area contributed by atoms with Crippen LogP contribution in [-0.4, -0.2) is 0 Å². The van der Waals surface area contributed by atoms with E-state index in [2.05, 4.69) is 314 Å². The largest absolute Gasteiger partial charge is 0.311 e. The molecule has 0 unspecified atom stereocenters. The Bertz CT molecular complexity index is 4170. The minimum Gasteiger partial charge on any atom is -0.311 e. The van der Waals surface area contributed by atoms with Gasteiger partial charge in [-0.05, 0) is 188 Å². The third kappa shape index (κ3) is 5.77. The second-order valence-electron chi connectivity index (χ2n) is 22.9. The Morgan fingerprint density at radius 1 is 0.183 bits per heavy atom. The zero-order chi connectivity index (χ0) is 53.7. The molecule has 12 aromatic carbocycles. The molecule has 82 heavy (non-hydrogen) atoms. The molecule has 6 aliphatic carbocycles. The van der Waals surface area contributed by atoms with E-state index in [1.165, 1.54) is 134 Å². The molecular weight excluding hydrogens is 987 g/mol. The Labute approximate surface area is 478 Å². The summed E-state index contributed by atoms with van der Waals surface area (Å²) in [7, 11) is 0. The molecule has 0 saturated heterocycles. The van der Waals surface area contributed by atoms with Crippen molar-refractivity contribution in [1.29, 1.82) is 0 Å². The van der Waals surface area contributed by atoms with Crippen LogP contribution in [0.2, 0.25) is 0 Å². The number of benzene rings is 12. The van der Waals surface area contributed by atoms with Crippen LogP contribution >= 0.6 is 0 Å². The van der Waals surface area contributed by atoms with Crippen molar-refractivity contribution >= 4 is 52.0 Å². The summed E-state index contributed by atoms with van der Waals surface area (Å²) in [5.74, 6) is 0. The first-order valence-electron chi connectivity index (χ1n) is 28.8. The highest BCUT2D eigenvalue weighted by atomic mass is 15.1. The summed E-state index contributed by atoms with van der Waals surface area (Å²) in [4.78, 5) is 2.45. The topological polar surface area (TPSA) is 3.24 Å². The Balaban J connectivity index is 0.789. The van der Waals surface area contributed by atoms with Gasteiger partial charge in [-0.15, -0.1) is 0 Å². The number of allylic oxidation sites excluding steroid dienone is 3. The van der Waals surface area contributed by atoms with Crippen LogP contribution in [-0.2, 0) is 16.2 Å². The highest BCUT2D eigenvalue weighted by Gasteiger charge is 2.54. The van der Waals surface area contributed by atoms with Gasteiger partial charge in [0.1, 0.15) is 0 Å². The van der Waals surface area contributed by atoms with Crippen molar-refractivity contribution < 1.29 is 0 Å². The van der Waals surface area contributed by atoms with E-state index in [0.29, 0.717) is 0 Å². The number of rotatable bonds is 6. The lowest BCUT2D eigenvalue weighted by atomic mass is 9.68. The first-order chi connectivity index (χ1) is 40.7. The van der Waals surface area contributed by atoms with Crippen LogP contribution in [0.4, 0.5) is 17.1 Å². The standard InChI is InChI=1S/C81H51N/c1-10-28-67-55(19-1)49-76(79(67)70-31-13-4-22-61(70)62-23-5-14-32-71(62)79)52-37-43-58(44-38-52)82(59-45-39-53(40-46-59)77-50-56-20-2-11-29-68(56)80(77)72-33-15-6-24-63(72)64-25-7-16-34-73(64)80)60-47-41-54(42-48-60)78-51-57-21-3-12-30-69(57)81(78)74-35-17-8-26-65(74)66-27-9-18-36-75(66)81/h1-51H. The third-order valence-corrected chi connectivity index (χ3v) is 19.4. The lowest BCUT2D eigenvalue weighted by molar-refractivity contribution is 0.842. The monoisotopic (exact) mass is 1040 g/mol. The molecule has 0 atom stereocenters. The average Bonchev–Trinajstić information content (AvgIpc) is 1.93. The van der Waals surface area contributed by atoms with Crippen molar-refractivity contribution in [2.75, 3.05) is 4.90 Å². The second-order valence-corrected chi connectivity index (χ2v) is 22.9. The fraction of sp³-hybridized carbons (Fsp3) is 0.0370. The van der Waals surface area contributed by atoms with Gasteiger partial charge in [-0.1, -0.05) is 255 Å². The molecule has 1 nitrogen and oxygen atoms in total. The smallest absolute Gasteiger partial charge is 0.0725 e. The van der Waals surface area contributed by atoms with Gasteiger partial charge in [-0.2, -0.15) is 0 Å². The highest BCUT2D eigenvalue weighted by Crippen LogP contribution is 2.66. The SMILES string of the molecule is C1=C(c2ccc(N(c3ccc(C4=Cc5ccccc5C45c4ccccc4-c4ccccc45)cc3)c3ccc(C4=Cc5ccccc5C45c4ccccc4-c4ccccc45)cc3)cc2)C2(c3ccccc31)c1ccccc1-c1ccccc12. The van der Waals surface area contributed by atoms with Gasteiger partial charge in [0.05, 0.1) is 16.2 Å². The molecule has 0 aromatic heterocycles. The van der Waals surface area contributed by atoms with E-state index in [0.717, 1.165) is 17.1 Å². The summed E-state index contributed by atoms with van der Waals surface area (Å²) >= 11 is 0. The van der Waals surface area contributed by atoms with E-state index in [4.69, 9.17) is 0 Å². The predicted molar refractivity (Wildman–Crippen MR) is 339 cm³/mol. The number of nitrogens with zero attached hydrogens (tertiary/aromatic N) is 1. The van der Waals surface area contributed by atoms with E-state index in [9.17, 15) is 0 Å². The van der Waals surface area contributed by atoms with Crippen molar-refractivity contribution in [2.45, 2.75) is 16.2 Å². The molecule has 380 valence electrons. The van der Waals surface area contributed by atoms with Gasteiger partial charge in [0, 0.05) is 17.1 Å². The van der Waals surface area contributed by atoms with Crippen LogP contribution in [0, 0.1) is 0 Å². The Morgan fingerprint density at radius 3 is 0.610 bits per heavy atom. The summed E-state index contributed by atoms with van der Waals surface area (Å²) in [5.41, 5.74) is 33.3. The van der Waals surface area contributed by atoms with E-state index in [1.54, 1.807) is 0 Å².